The SMILES string of the molecule is CS(=O)/C=C/c1cc(=O)c2cc(OC(=O)C(C)(C)C)ccc2o1. The third-order valence-corrected chi connectivity index (χ3v) is 3.48. The number of carbonyl (C=O) groups is 1. The molecule has 1 heterocycles. The summed E-state index contributed by atoms with van der Waals surface area (Å²) in [4.78, 5) is 24.1. The molecule has 1 aromatic carbocycles. The van der Waals surface area contributed by atoms with Gasteiger partial charge in [0.05, 0.1) is 10.8 Å². The standard InChI is InChI=1S/C17H18O5S/c1-17(2,3)16(19)22-11-5-6-15-13(9-11)14(18)10-12(21-15)7-8-23(4)20/h5-10H,1-4H3/b8-7+. The Hall–Kier alpha value is -2.21. The fourth-order valence-corrected chi connectivity index (χ4v) is 2.05. The molecule has 0 radical (unpaired) electrons. The van der Waals surface area contributed by atoms with E-state index in [1.165, 1.54) is 29.9 Å². The van der Waals surface area contributed by atoms with Gasteiger partial charge in [0.15, 0.2) is 5.43 Å². The molecule has 1 unspecified atom stereocenters. The van der Waals surface area contributed by atoms with Crippen molar-refractivity contribution in [2.24, 2.45) is 5.41 Å². The van der Waals surface area contributed by atoms with Gasteiger partial charge in [0.25, 0.3) is 0 Å². The van der Waals surface area contributed by atoms with Crippen LogP contribution in [0.25, 0.3) is 17.0 Å². The van der Waals surface area contributed by atoms with E-state index in [9.17, 15) is 13.8 Å². The summed E-state index contributed by atoms with van der Waals surface area (Å²) in [6.07, 6.45) is 3.01. The molecule has 0 aliphatic carbocycles. The fraction of sp³-hybridized carbons (Fsp3) is 0.294. The van der Waals surface area contributed by atoms with E-state index in [1.54, 1.807) is 32.9 Å². The van der Waals surface area contributed by atoms with E-state index in [-0.39, 0.29) is 11.4 Å². The highest BCUT2D eigenvalue weighted by Gasteiger charge is 2.23. The fourth-order valence-electron chi connectivity index (χ4n) is 1.72. The molecule has 2 rings (SSSR count). The number of ether oxygens (including phenoxy) is 1. The topological polar surface area (TPSA) is 73.6 Å². The molecule has 1 atom stereocenters. The molecule has 122 valence electrons. The number of rotatable bonds is 3. The summed E-state index contributed by atoms with van der Waals surface area (Å²) >= 11 is 0. The van der Waals surface area contributed by atoms with Crippen molar-refractivity contribution < 1.29 is 18.2 Å². The number of fused-ring (bicyclic) bond motifs is 1. The molecule has 1 aromatic heterocycles. The van der Waals surface area contributed by atoms with Crippen LogP contribution in [0.15, 0.2) is 38.9 Å². The van der Waals surface area contributed by atoms with Crippen LogP contribution in [0.1, 0.15) is 26.5 Å². The van der Waals surface area contributed by atoms with Crippen molar-refractivity contribution in [3.63, 3.8) is 0 Å². The summed E-state index contributed by atoms with van der Waals surface area (Å²) in [7, 11) is -1.13. The van der Waals surface area contributed by atoms with E-state index in [2.05, 4.69) is 0 Å². The third kappa shape index (κ3) is 4.39. The maximum absolute atomic E-state index is 12.2. The smallest absolute Gasteiger partial charge is 0.316 e. The maximum atomic E-state index is 12.2. The van der Waals surface area contributed by atoms with Crippen molar-refractivity contribution in [2.75, 3.05) is 6.26 Å². The van der Waals surface area contributed by atoms with Crippen LogP contribution >= 0.6 is 0 Å². The largest absolute Gasteiger partial charge is 0.456 e. The average Bonchev–Trinajstić information content (AvgIpc) is 2.44. The van der Waals surface area contributed by atoms with Gasteiger partial charge in [-0.05, 0) is 45.0 Å². The van der Waals surface area contributed by atoms with Crippen LogP contribution < -0.4 is 10.2 Å². The van der Waals surface area contributed by atoms with Crippen LogP contribution in [-0.4, -0.2) is 16.4 Å². The minimum Gasteiger partial charge on any atom is -0.456 e. The number of carbonyl (C=O) groups excluding carboxylic acids is 1. The highest BCUT2D eigenvalue weighted by atomic mass is 32.2. The van der Waals surface area contributed by atoms with Crippen molar-refractivity contribution in [1.82, 2.24) is 0 Å². The van der Waals surface area contributed by atoms with Crippen molar-refractivity contribution in [2.45, 2.75) is 20.8 Å². The Bertz CT molecular complexity index is 855. The van der Waals surface area contributed by atoms with Gasteiger partial charge in [-0.3, -0.25) is 13.8 Å². The Labute approximate surface area is 136 Å². The van der Waals surface area contributed by atoms with Gasteiger partial charge >= 0.3 is 5.97 Å². The molecule has 0 fully saturated rings. The van der Waals surface area contributed by atoms with Crippen LogP contribution in [0, 0.1) is 5.41 Å². The zero-order valence-corrected chi connectivity index (χ0v) is 14.2. The molecular weight excluding hydrogens is 316 g/mol. The van der Waals surface area contributed by atoms with Crippen molar-refractivity contribution in [3.8, 4) is 5.75 Å². The lowest BCUT2D eigenvalue weighted by Gasteiger charge is -2.16. The zero-order chi connectivity index (χ0) is 17.2. The van der Waals surface area contributed by atoms with Crippen molar-refractivity contribution in [1.29, 1.82) is 0 Å². The predicted molar refractivity (Wildman–Crippen MR) is 90.7 cm³/mol. The Morgan fingerprint density at radius 2 is 1.96 bits per heavy atom. The van der Waals surface area contributed by atoms with Gasteiger partial charge in [-0.1, -0.05) is 0 Å². The average molecular weight is 334 g/mol. The second-order valence-electron chi connectivity index (χ2n) is 6.11. The molecule has 0 bridgehead atoms. The van der Waals surface area contributed by atoms with Gasteiger partial charge in [0.2, 0.25) is 0 Å². The second-order valence-corrected chi connectivity index (χ2v) is 7.38. The molecule has 0 N–H and O–H groups in total. The van der Waals surface area contributed by atoms with E-state index in [0.717, 1.165) is 0 Å². The number of benzene rings is 1. The van der Waals surface area contributed by atoms with Crippen LogP contribution in [-0.2, 0) is 15.6 Å². The number of hydrogen-bond acceptors (Lipinski definition) is 5. The summed E-state index contributed by atoms with van der Waals surface area (Å²) in [5.74, 6) is 0.228. The second kappa shape index (κ2) is 6.50. The first-order valence-electron chi connectivity index (χ1n) is 6.97. The Morgan fingerprint density at radius 1 is 1.26 bits per heavy atom. The molecule has 0 aliphatic heterocycles. The molecule has 0 aliphatic rings. The quantitative estimate of drug-likeness (QED) is 0.637. The van der Waals surface area contributed by atoms with Crippen LogP contribution in [0.2, 0.25) is 0 Å². The van der Waals surface area contributed by atoms with Gasteiger partial charge in [0.1, 0.15) is 17.1 Å². The van der Waals surface area contributed by atoms with Gasteiger partial charge in [0, 0.05) is 28.5 Å². The monoisotopic (exact) mass is 334 g/mol. The lowest BCUT2D eigenvalue weighted by molar-refractivity contribution is -0.142. The van der Waals surface area contributed by atoms with E-state index in [4.69, 9.17) is 9.15 Å². The molecule has 23 heavy (non-hydrogen) atoms. The molecule has 0 spiro atoms. The Kier molecular flexibility index (Phi) is 4.85. The summed E-state index contributed by atoms with van der Waals surface area (Å²) in [6, 6.07) is 5.93. The van der Waals surface area contributed by atoms with Crippen molar-refractivity contribution >= 4 is 33.8 Å². The van der Waals surface area contributed by atoms with Crippen molar-refractivity contribution in [3.05, 3.63) is 45.7 Å². The van der Waals surface area contributed by atoms with Gasteiger partial charge in [-0.25, -0.2) is 0 Å². The summed E-state index contributed by atoms with van der Waals surface area (Å²) < 4.78 is 21.9. The summed E-state index contributed by atoms with van der Waals surface area (Å²) in [6.45, 7) is 5.25. The van der Waals surface area contributed by atoms with E-state index in [0.29, 0.717) is 22.5 Å². The van der Waals surface area contributed by atoms with E-state index < -0.39 is 16.2 Å². The summed E-state index contributed by atoms with van der Waals surface area (Å²) in [5, 5.41) is 1.75. The number of esters is 1. The normalized spacial score (nSPS) is 13.4. The van der Waals surface area contributed by atoms with Crippen LogP contribution in [0.4, 0.5) is 0 Å². The summed E-state index contributed by atoms with van der Waals surface area (Å²) in [5.41, 5.74) is -0.527. The first-order chi connectivity index (χ1) is 10.7. The first-order valence-corrected chi connectivity index (χ1v) is 8.59. The Balaban J connectivity index is 2.40. The predicted octanol–water partition coefficient (Wildman–Crippen LogP) is 3.09. The molecule has 6 heteroatoms. The minimum absolute atomic E-state index is 0.263. The molecule has 2 aromatic rings. The zero-order valence-electron chi connectivity index (χ0n) is 13.4. The van der Waals surface area contributed by atoms with Gasteiger partial charge in [-0.2, -0.15) is 0 Å². The first kappa shape index (κ1) is 17.1. The molecule has 0 saturated heterocycles. The van der Waals surface area contributed by atoms with E-state index in [1.807, 2.05) is 0 Å². The van der Waals surface area contributed by atoms with Crippen LogP contribution in [0.5, 0.6) is 5.75 Å². The third-order valence-electron chi connectivity index (χ3n) is 2.96. The molecular formula is C17H18O5S. The van der Waals surface area contributed by atoms with Gasteiger partial charge < -0.3 is 9.15 Å². The Morgan fingerprint density at radius 3 is 2.57 bits per heavy atom. The molecule has 0 amide bonds. The van der Waals surface area contributed by atoms with E-state index >= 15 is 0 Å². The van der Waals surface area contributed by atoms with Gasteiger partial charge in [-0.15, -0.1) is 0 Å². The highest BCUT2D eigenvalue weighted by molar-refractivity contribution is 7.87. The maximum Gasteiger partial charge on any atom is 0.316 e. The minimum atomic E-state index is -1.13. The number of hydrogen-bond donors (Lipinski definition) is 0. The lowest BCUT2D eigenvalue weighted by Crippen LogP contribution is -2.25. The highest BCUT2D eigenvalue weighted by Crippen LogP contribution is 2.23. The lowest BCUT2D eigenvalue weighted by atomic mass is 9.97. The van der Waals surface area contributed by atoms with Crippen LogP contribution in [0.3, 0.4) is 0 Å². The molecule has 5 nitrogen and oxygen atoms in total. The molecule has 0 saturated carbocycles.